The van der Waals surface area contributed by atoms with Gasteiger partial charge in [0.15, 0.2) is 0 Å². The summed E-state index contributed by atoms with van der Waals surface area (Å²) in [6.45, 7) is 8.83. The lowest BCUT2D eigenvalue weighted by atomic mass is 10.0. The Labute approximate surface area is 116 Å². The number of rotatable bonds is 5. The van der Waals surface area contributed by atoms with E-state index >= 15 is 0 Å². The average molecular weight is 256 g/mol. The van der Waals surface area contributed by atoms with Gasteiger partial charge in [0.1, 0.15) is 0 Å². The number of aromatic nitrogens is 1. The molecule has 0 aliphatic heterocycles. The fourth-order valence-electron chi connectivity index (χ4n) is 2.28. The van der Waals surface area contributed by atoms with Gasteiger partial charge in [0.2, 0.25) is 0 Å². The van der Waals surface area contributed by atoms with E-state index in [-0.39, 0.29) is 0 Å². The molecule has 0 aliphatic carbocycles. The molecule has 0 aliphatic rings. The zero-order valence-corrected chi connectivity index (χ0v) is 12.4. The number of para-hydroxylation sites is 1. The molecule has 0 spiro atoms. The second kappa shape index (κ2) is 6.05. The maximum atomic E-state index is 4.66. The zero-order valence-electron chi connectivity index (χ0n) is 12.4. The molecule has 1 atom stereocenters. The Morgan fingerprint density at radius 1 is 1.05 bits per heavy atom. The summed E-state index contributed by atoms with van der Waals surface area (Å²) in [5, 5.41) is 4.81. The molecule has 1 aromatic carbocycles. The van der Waals surface area contributed by atoms with Crippen molar-refractivity contribution >= 4 is 16.6 Å². The first-order valence-corrected chi connectivity index (χ1v) is 7.19. The van der Waals surface area contributed by atoms with E-state index in [1.807, 2.05) is 6.92 Å². The number of hydrogen-bond acceptors (Lipinski definition) is 2. The summed E-state index contributed by atoms with van der Waals surface area (Å²) < 4.78 is 0. The van der Waals surface area contributed by atoms with Gasteiger partial charge in [-0.15, -0.1) is 0 Å². The minimum absolute atomic E-state index is 0.482. The Kier molecular flexibility index (Phi) is 4.41. The molecule has 2 rings (SSSR count). The van der Waals surface area contributed by atoms with Gasteiger partial charge in [-0.1, -0.05) is 32.0 Å². The number of pyridine rings is 1. The molecule has 1 aromatic heterocycles. The maximum absolute atomic E-state index is 4.66. The van der Waals surface area contributed by atoms with Crippen molar-refractivity contribution in [2.24, 2.45) is 5.92 Å². The van der Waals surface area contributed by atoms with Crippen molar-refractivity contribution in [3.05, 3.63) is 36.0 Å². The maximum Gasteiger partial charge on any atom is 0.0936 e. The smallest absolute Gasteiger partial charge is 0.0936 e. The Morgan fingerprint density at radius 3 is 2.58 bits per heavy atom. The van der Waals surface area contributed by atoms with E-state index in [1.54, 1.807) is 0 Å². The van der Waals surface area contributed by atoms with Crippen LogP contribution in [0.5, 0.6) is 0 Å². The van der Waals surface area contributed by atoms with Crippen LogP contribution in [-0.4, -0.2) is 11.0 Å². The van der Waals surface area contributed by atoms with Crippen LogP contribution in [-0.2, 0) is 0 Å². The Bertz CT molecular complexity index is 546. The molecule has 0 bridgehead atoms. The number of fused-ring (bicyclic) bond motifs is 1. The number of hydrogen-bond donors (Lipinski definition) is 1. The fourth-order valence-corrected chi connectivity index (χ4v) is 2.28. The van der Waals surface area contributed by atoms with E-state index in [4.69, 9.17) is 0 Å². The van der Waals surface area contributed by atoms with E-state index in [9.17, 15) is 0 Å². The first-order valence-electron chi connectivity index (χ1n) is 7.19. The molecule has 0 fully saturated rings. The first kappa shape index (κ1) is 13.9. The molecule has 0 saturated carbocycles. The lowest BCUT2D eigenvalue weighted by molar-refractivity contribution is 0.528. The lowest BCUT2D eigenvalue weighted by Gasteiger charge is -2.17. The first-order chi connectivity index (χ1) is 9.06. The van der Waals surface area contributed by atoms with E-state index in [1.165, 1.54) is 18.2 Å². The molecule has 1 N–H and O–H groups in total. The number of nitrogens with one attached hydrogen (secondary N) is 1. The standard InChI is InChI=1S/C17H24N2/c1-12(2)8-9-13(3)18-16-7-5-6-15-11-10-14(4)19-17(15)16/h5-7,10-13,18H,8-9H2,1-4H3. The van der Waals surface area contributed by atoms with Crippen LogP contribution in [0.2, 0.25) is 0 Å². The number of benzene rings is 1. The SMILES string of the molecule is Cc1ccc2cccc(NC(C)CCC(C)C)c2n1. The molecule has 1 unspecified atom stereocenters. The van der Waals surface area contributed by atoms with Crippen molar-refractivity contribution in [3.8, 4) is 0 Å². The monoisotopic (exact) mass is 256 g/mol. The topological polar surface area (TPSA) is 24.9 Å². The highest BCUT2D eigenvalue weighted by atomic mass is 14.9. The highest BCUT2D eigenvalue weighted by Gasteiger charge is 2.07. The molecular formula is C17H24N2. The molecule has 2 nitrogen and oxygen atoms in total. The normalized spacial score (nSPS) is 12.9. The van der Waals surface area contributed by atoms with Crippen LogP contribution in [0.1, 0.15) is 39.3 Å². The van der Waals surface area contributed by atoms with Crippen LogP contribution in [0.25, 0.3) is 10.9 Å². The summed E-state index contributed by atoms with van der Waals surface area (Å²) in [6.07, 6.45) is 2.45. The van der Waals surface area contributed by atoms with Crippen molar-refractivity contribution in [1.29, 1.82) is 0 Å². The lowest BCUT2D eigenvalue weighted by Crippen LogP contribution is -2.16. The average Bonchev–Trinajstić information content (AvgIpc) is 2.37. The van der Waals surface area contributed by atoms with Gasteiger partial charge in [-0.3, -0.25) is 4.98 Å². The molecule has 0 radical (unpaired) electrons. The summed E-state index contributed by atoms with van der Waals surface area (Å²) in [6, 6.07) is 11.0. The molecule has 102 valence electrons. The van der Waals surface area contributed by atoms with Crippen LogP contribution >= 0.6 is 0 Å². The summed E-state index contributed by atoms with van der Waals surface area (Å²) in [5.41, 5.74) is 3.30. The van der Waals surface area contributed by atoms with Crippen LogP contribution in [0.4, 0.5) is 5.69 Å². The van der Waals surface area contributed by atoms with Crippen molar-refractivity contribution < 1.29 is 0 Å². The van der Waals surface area contributed by atoms with Crippen molar-refractivity contribution in [3.63, 3.8) is 0 Å². The Hall–Kier alpha value is -1.57. The quantitative estimate of drug-likeness (QED) is 0.832. The number of nitrogens with zero attached hydrogens (tertiary/aromatic N) is 1. The van der Waals surface area contributed by atoms with Crippen molar-refractivity contribution in [2.75, 3.05) is 5.32 Å². The molecule has 0 saturated heterocycles. The highest BCUT2D eigenvalue weighted by Crippen LogP contribution is 2.23. The van der Waals surface area contributed by atoms with Gasteiger partial charge in [-0.25, -0.2) is 0 Å². The van der Waals surface area contributed by atoms with Crippen LogP contribution < -0.4 is 5.32 Å². The van der Waals surface area contributed by atoms with Crippen LogP contribution in [0, 0.1) is 12.8 Å². The third kappa shape index (κ3) is 3.69. The van der Waals surface area contributed by atoms with Gasteiger partial charge in [0.05, 0.1) is 11.2 Å². The second-order valence-corrected chi connectivity index (χ2v) is 5.85. The molecule has 2 aromatic rings. The van der Waals surface area contributed by atoms with E-state index in [0.717, 1.165) is 22.8 Å². The second-order valence-electron chi connectivity index (χ2n) is 5.85. The predicted molar refractivity (Wildman–Crippen MR) is 83.6 cm³/mol. The summed E-state index contributed by atoms with van der Waals surface area (Å²) in [4.78, 5) is 4.66. The van der Waals surface area contributed by atoms with E-state index < -0.39 is 0 Å². The van der Waals surface area contributed by atoms with Crippen molar-refractivity contribution in [1.82, 2.24) is 4.98 Å². The van der Waals surface area contributed by atoms with Gasteiger partial charge in [-0.05, 0) is 44.7 Å². The molecular weight excluding hydrogens is 232 g/mol. The van der Waals surface area contributed by atoms with Gasteiger partial charge in [0, 0.05) is 17.1 Å². The zero-order chi connectivity index (χ0) is 13.8. The Balaban J connectivity index is 2.18. The third-order valence-corrected chi connectivity index (χ3v) is 3.44. The molecule has 1 heterocycles. The van der Waals surface area contributed by atoms with Crippen LogP contribution in [0.3, 0.4) is 0 Å². The summed E-state index contributed by atoms with van der Waals surface area (Å²) in [7, 11) is 0. The van der Waals surface area contributed by atoms with Gasteiger partial charge in [-0.2, -0.15) is 0 Å². The van der Waals surface area contributed by atoms with E-state index in [2.05, 4.69) is 61.4 Å². The van der Waals surface area contributed by atoms with Crippen LogP contribution in [0.15, 0.2) is 30.3 Å². The summed E-state index contributed by atoms with van der Waals surface area (Å²) in [5.74, 6) is 0.761. The predicted octanol–water partition coefficient (Wildman–Crippen LogP) is 4.78. The number of aryl methyl sites for hydroxylation is 1. The summed E-state index contributed by atoms with van der Waals surface area (Å²) >= 11 is 0. The minimum atomic E-state index is 0.482. The fraction of sp³-hybridized carbons (Fsp3) is 0.471. The highest BCUT2D eigenvalue weighted by molar-refractivity contribution is 5.90. The third-order valence-electron chi connectivity index (χ3n) is 3.44. The van der Waals surface area contributed by atoms with Crippen molar-refractivity contribution in [2.45, 2.75) is 46.6 Å². The minimum Gasteiger partial charge on any atom is -0.381 e. The molecule has 19 heavy (non-hydrogen) atoms. The largest absolute Gasteiger partial charge is 0.381 e. The van der Waals surface area contributed by atoms with E-state index in [0.29, 0.717) is 6.04 Å². The van der Waals surface area contributed by atoms with Gasteiger partial charge >= 0.3 is 0 Å². The molecule has 0 amide bonds. The Morgan fingerprint density at radius 2 is 1.84 bits per heavy atom. The number of anilines is 1. The van der Waals surface area contributed by atoms with Gasteiger partial charge < -0.3 is 5.32 Å². The van der Waals surface area contributed by atoms with Gasteiger partial charge in [0.25, 0.3) is 0 Å². The molecule has 2 heteroatoms.